The Hall–Kier alpha value is -1.13. The molecule has 1 aromatic carbocycles. The number of hydrogen-bond acceptors (Lipinski definition) is 2. The van der Waals surface area contributed by atoms with Crippen LogP contribution in [-0.2, 0) is 4.79 Å². The van der Waals surface area contributed by atoms with E-state index in [0.717, 1.165) is 19.4 Å². The number of rotatable bonds is 3. The normalized spacial score (nSPS) is 18.5. The van der Waals surface area contributed by atoms with E-state index in [0.29, 0.717) is 6.42 Å². The molecule has 2 N–H and O–H groups in total. The number of carbonyl (C=O) groups is 1. The number of hydrogen-bond donors (Lipinski definition) is 2. The molecule has 0 aliphatic carbocycles. The predicted molar refractivity (Wildman–Crippen MR) is 67.9 cm³/mol. The molecule has 17 heavy (non-hydrogen) atoms. The van der Waals surface area contributed by atoms with Crippen molar-refractivity contribution in [2.45, 2.75) is 25.3 Å². The van der Waals surface area contributed by atoms with Crippen LogP contribution in [0.5, 0.6) is 0 Å². The van der Waals surface area contributed by atoms with Crippen molar-refractivity contribution < 1.29 is 9.18 Å². The summed E-state index contributed by atoms with van der Waals surface area (Å²) < 4.78 is 13.2. The molecule has 0 spiro atoms. The summed E-state index contributed by atoms with van der Waals surface area (Å²) in [4.78, 5) is 11.6. The van der Waals surface area contributed by atoms with Crippen molar-refractivity contribution in [3.8, 4) is 0 Å². The summed E-state index contributed by atoms with van der Waals surface area (Å²) in [6.07, 6.45) is 2.54. The van der Waals surface area contributed by atoms with Gasteiger partial charge in [-0.3, -0.25) is 4.79 Å². The summed E-state index contributed by atoms with van der Waals surface area (Å²) in [7, 11) is 0. The van der Waals surface area contributed by atoms with Crippen molar-refractivity contribution in [2.75, 3.05) is 11.9 Å². The van der Waals surface area contributed by atoms with Crippen molar-refractivity contribution >= 4 is 24.0 Å². The van der Waals surface area contributed by atoms with Gasteiger partial charge in [0.15, 0.2) is 0 Å². The Balaban J connectivity index is 0.00000144. The molecule has 1 unspecified atom stereocenters. The molecule has 94 valence electrons. The van der Waals surface area contributed by atoms with Crippen LogP contribution < -0.4 is 10.6 Å². The van der Waals surface area contributed by atoms with E-state index in [1.165, 1.54) is 6.07 Å². The first-order chi connectivity index (χ1) is 7.75. The topological polar surface area (TPSA) is 41.1 Å². The van der Waals surface area contributed by atoms with E-state index in [1.54, 1.807) is 18.2 Å². The first-order valence-corrected chi connectivity index (χ1v) is 5.53. The molecule has 0 bridgehead atoms. The van der Waals surface area contributed by atoms with Crippen LogP contribution in [0.3, 0.4) is 0 Å². The van der Waals surface area contributed by atoms with Crippen LogP contribution in [0.25, 0.3) is 0 Å². The summed E-state index contributed by atoms with van der Waals surface area (Å²) in [5.41, 5.74) is 0.255. The number of amides is 1. The summed E-state index contributed by atoms with van der Waals surface area (Å²) in [6.45, 7) is 0.970. The van der Waals surface area contributed by atoms with Crippen LogP contribution in [-0.4, -0.2) is 18.5 Å². The van der Waals surface area contributed by atoms with E-state index in [9.17, 15) is 9.18 Å². The molecule has 1 fully saturated rings. The molecule has 2 rings (SSSR count). The maximum atomic E-state index is 13.2. The molecule has 0 radical (unpaired) electrons. The van der Waals surface area contributed by atoms with Crippen LogP contribution in [0.4, 0.5) is 10.1 Å². The highest BCUT2D eigenvalue weighted by atomic mass is 35.5. The van der Waals surface area contributed by atoms with Crippen LogP contribution in [0.1, 0.15) is 19.3 Å². The van der Waals surface area contributed by atoms with Crippen molar-refractivity contribution in [3.05, 3.63) is 30.1 Å². The third-order valence-electron chi connectivity index (χ3n) is 2.74. The number of para-hydroxylation sites is 1. The third-order valence-corrected chi connectivity index (χ3v) is 2.74. The Morgan fingerprint density at radius 1 is 1.47 bits per heavy atom. The van der Waals surface area contributed by atoms with Gasteiger partial charge in [0.2, 0.25) is 5.91 Å². The molecule has 3 nitrogen and oxygen atoms in total. The van der Waals surface area contributed by atoms with Crippen LogP contribution in [0.15, 0.2) is 24.3 Å². The Kier molecular flexibility index (Phi) is 5.38. The Labute approximate surface area is 106 Å². The van der Waals surface area contributed by atoms with E-state index in [2.05, 4.69) is 10.6 Å². The molecular weight excluding hydrogens is 243 g/mol. The average molecular weight is 259 g/mol. The summed E-state index contributed by atoms with van der Waals surface area (Å²) in [6, 6.07) is 6.45. The van der Waals surface area contributed by atoms with E-state index in [1.807, 2.05) is 0 Å². The van der Waals surface area contributed by atoms with Gasteiger partial charge < -0.3 is 10.6 Å². The lowest BCUT2D eigenvalue weighted by atomic mass is 10.1. The predicted octanol–water partition coefficient (Wildman–Crippen LogP) is 2.33. The maximum absolute atomic E-state index is 13.2. The Bertz CT molecular complexity index is 381. The van der Waals surface area contributed by atoms with Crippen molar-refractivity contribution in [1.82, 2.24) is 5.32 Å². The van der Waals surface area contributed by atoms with Crippen LogP contribution in [0.2, 0.25) is 0 Å². The van der Waals surface area contributed by atoms with Gasteiger partial charge in [0.25, 0.3) is 0 Å². The number of anilines is 1. The molecule has 5 heteroatoms. The SMILES string of the molecule is Cl.O=C(CC1CCCN1)Nc1ccccc1F. The van der Waals surface area contributed by atoms with Gasteiger partial charge in [-0.1, -0.05) is 12.1 Å². The average Bonchev–Trinajstić information content (AvgIpc) is 2.74. The standard InChI is InChI=1S/C12H15FN2O.ClH/c13-10-5-1-2-6-11(10)15-12(16)8-9-4-3-7-14-9;/h1-2,5-6,9,14H,3-4,7-8H2,(H,15,16);1H. The zero-order valence-corrected chi connectivity index (χ0v) is 10.2. The number of carbonyl (C=O) groups excluding carboxylic acids is 1. The maximum Gasteiger partial charge on any atom is 0.226 e. The Morgan fingerprint density at radius 2 is 2.24 bits per heavy atom. The second kappa shape index (κ2) is 6.57. The minimum atomic E-state index is -0.393. The third kappa shape index (κ3) is 3.98. The zero-order valence-electron chi connectivity index (χ0n) is 9.41. The second-order valence-electron chi connectivity index (χ2n) is 4.03. The monoisotopic (exact) mass is 258 g/mol. The highest BCUT2D eigenvalue weighted by Gasteiger charge is 2.18. The highest BCUT2D eigenvalue weighted by Crippen LogP contribution is 2.14. The van der Waals surface area contributed by atoms with E-state index >= 15 is 0 Å². The smallest absolute Gasteiger partial charge is 0.226 e. The van der Waals surface area contributed by atoms with E-state index in [4.69, 9.17) is 0 Å². The lowest BCUT2D eigenvalue weighted by molar-refractivity contribution is -0.116. The van der Waals surface area contributed by atoms with Gasteiger partial charge in [-0.05, 0) is 31.5 Å². The molecule has 1 aliphatic heterocycles. The minimum absolute atomic E-state index is 0. The van der Waals surface area contributed by atoms with Crippen molar-refractivity contribution in [3.63, 3.8) is 0 Å². The Morgan fingerprint density at radius 3 is 2.88 bits per heavy atom. The van der Waals surface area contributed by atoms with Gasteiger partial charge in [-0.2, -0.15) is 0 Å². The van der Waals surface area contributed by atoms with Gasteiger partial charge >= 0.3 is 0 Å². The summed E-state index contributed by atoms with van der Waals surface area (Å²) in [5, 5.41) is 5.82. The molecular formula is C12H16ClFN2O. The molecule has 0 saturated carbocycles. The molecule has 1 amide bonds. The second-order valence-corrected chi connectivity index (χ2v) is 4.03. The first kappa shape index (κ1) is 13.9. The molecule has 0 aromatic heterocycles. The summed E-state index contributed by atoms with van der Waals surface area (Å²) >= 11 is 0. The van der Waals surface area contributed by atoms with Crippen LogP contribution in [0, 0.1) is 5.82 Å². The van der Waals surface area contributed by atoms with Gasteiger partial charge in [-0.25, -0.2) is 4.39 Å². The van der Waals surface area contributed by atoms with Gasteiger partial charge in [0.1, 0.15) is 5.82 Å². The zero-order chi connectivity index (χ0) is 11.4. The largest absolute Gasteiger partial charge is 0.324 e. The molecule has 1 heterocycles. The fraction of sp³-hybridized carbons (Fsp3) is 0.417. The van der Waals surface area contributed by atoms with Gasteiger partial charge in [0, 0.05) is 12.5 Å². The van der Waals surface area contributed by atoms with Gasteiger partial charge in [-0.15, -0.1) is 12.4 Å². The first-order valence-electron chi connectivity index (χ1n) is 5.53. The lowest BCUT2D eigenvalue weighted by Crippen LogP contribution is -2.27. The van der Waals surface area contributed by atoms with E-state index in [-0.39, 0.29) is 30.0 Å². The molecule has 1 aromatic rings. The number of nitrogens with one attached hydrogen (secondary N) is 2. The molecule has 1 aliphatic rings. The van der Waals surface area contributed by atoms with E-state index < -0.39 is 5.82 Å². The molecule has 1 atom stereocenters. The lowest BCUT2D eigenvalue weighted by Gasteiger charge is -2.10. The fourth-order valence-corrected chi connectivity index (χ4v) is 1.92. The molecule has 1 saturated heterocycles. The number of halogens is 2. The minimum Gasteiger partial charge on any atom is -0.324 e. The quantitative estimate of drug-likeness (QED) is 0.874. The number of benzene rings is 1. The highest BCUT2D eigenvalue weighted by molar-refractivity contribution is 5.91. The summed E-state index contributed by atoms with van der Waals surface area (Å²) in [5.74, 6) is -0.528. The van der Waals surface area contributed by atoms with Crippen LogP contribution >= 0.6 is 12.4 Å². The van der Waals surface area contributed by atoms with Crippen molar-refractivity contribution in [1.29, 1.82) is 0 Å². The fourth-order valence-electron chi connectivity index (χ4n) is 1.92. The van der Waals surface area contributed by atoms with Crippen molar-refractivity contribution in [2.24, 2.45) is 0 Å². The van der Waals surface area contributed by atoms with Gasteiger partial charge in [0.05, 0.1) is 5.69 Å².